The number of fused-ring (bicyclic) bond motifs is 4. The molecule has 294 valence electrons. The number of anilines is 1. The van der Waals surface area contributed by atoms with Crippen molar-refractivity contribution in [1.29, 1.82) is 0 Å². The second-order valence-corrected chi connectivity index (χ2v) is 15.8. The van der Waals surface area contributed by atoms with E-state index in [0.29, 0.717) is 50.7 Å². The number of rotatable bonds is 8. The second kappa shape index (κ2) is 14.1. The number of piperidine rings is 1. The smallest absolute Gasteiger partial charge is 0.471 e. The van der Waals surface area contributed by atoms with Gasteiger partial charge >= 0.3 is 18.1 Å². The lowest BCUT2D eigenvalue weighted by molar-refractivity contribution is -0.188. The Morgan fingerprint density at radius 1 is 1.04 bits per heavy atom. The number of nitrogens with zero attached hydrogens (tertiary/aromatic N) is 6. The zero-order valence-corrected chi connectivity index (χ0v) is 30.9. The van der Waals surface area contributed by atoms with E-state index in [-0.39, 0.29) is 81.5 Å². The lowest BCUT2D eigenvalue weighted by Gasteiger charge is -2.42. The minimum atomic E-state index is -5.04. The summed E-state index contributed by atoms with van der Waals surface area (Å²) in [7, 11) is 0. The van der Waals surface area contributed by atoms with Crippen molar-refractivity contribution >= 4 is 39.5 Å². The van der Waals surface area contributed by atoms with Crippen molar-refractivity contribution in [2.24, 2.45) is 5.41 Å². The molecule has 0 spiro atoms. The topological polar surface area (TPSA) is 94.9 Å². The number of carbonyl (C=O) groups excluding carboxylic acids is 1. The molecule has 4 aliphatic rings. The minimum Gasteiger partial charge on any atom is -0.508 e. The fraction of sp³-hybridized carbons (Fsp3) is 0.463. The van der Waals surface area contributed by atoms with Crippen LogP contribution in [0.15, 0.2) is 29.8 Å². The number of benzene rings is 2. The third kappa shape index (κ3) is 6.97. The first-order valence-corrected chi connectivity index (χ1v) is 18.8. The molecular formula is C41H40F6N6O3. The van der Waals surface area contributed by atoms with Crippen molar-refractivity contribution in [2.45, 2.75) is 76.8 Å². The van der Waals surface area contributed by atoms with Crippen LogP contribution in [0.3, 0.4) is 0 Å². The summed E-state index contributed by atoms with van der Waals surface area (Å²) in [4.78, 5) is 31.5. The number of aromatic hydroxyl groups is 1. The maximum absolute atomic E-state index is 17.4. The Labute approximate surface area is 319 Å². The van der Waals surface area contributed by atoms with Gasteiger partial charge in [0.1, 0.15) is 34.8 Å². The third-order valence-corrected chi connectivity index (χ3v) is 11.4. The zero-order valence-electron chi connectivity index (χ0n) is 30.9. The quantitative estimate of drug-likeness (QED) is 0.145. The number of allylic oxidation sites excluding steroid dienone is 1. The molecule has 1 aliphatic carbocycles. The number of carbonyl (C=O) groups is 1. The van der Waals surface area contributed by atoms with Gasteiger partial charge in [0.05, 0.1) is 35.3 Å². The number of piperazine rings is 1. The van der Waals surface area contributed by atoms with Crippen LogP contribution in [0, 0.1) is 29.4 Å². The van der Waals surface area contributed by atoms with Crippen LogP contribution in [-0.4, -0.2) is 99.5 Å². The minimum absolute atomic E-state index is 0.0159. The normalized spacial score (nSPS) is 21.1. The molecule has 1 N–H and O–H groups in total. The van der Waals surface area contributed by atoms with Crippen LogP contribution in [-0.2, 0) is 4.79 Å². The number of phenolic OH excluding ortho intramolecular Hbond substituents is 1. The molecule has 2 aromatic carbocycles. The summed E-state index contributed by atoms with van der Waals surface area (Å²) in [6, 6.07) is 3.49. The molecule has 1 amide bonds. The van der Waals surface area contributed by atoms with E-state index in [1.54, 1.807) is 24.8 Å². The van der Waals surface area contributed by atoms with Crippen LogP contribution in [0.5, 0.6) is 11.8 Å². The van der Waals surface area contributed by atoms with Gasteiger partial charge in [0, 0.05) is 49.1 Å². The van der Waals surface area contributed by atoms with Crippen LogP contribution in [0.2, 0.25) is 0 Å². The highest BCUT2D eigenvalue weighted by Crippen LogP contribution is 2.48. The molecule has 8 rings (SSSR count). The highest BCUT2D eigenvalue weighted by Gasteiger charge is 2.52. The molecule has 3 saturated heterocycles. The summed E-state index contributed by atoms with van der Waals surface area (Å²) in [5.41, 5.74) is 0.102. The van der Waals surface area contributed by atoms with E-state index in [1.165, 1.54) is 18.2 Å². The first-order chi connectivity index (χ1) is 26.6. The Bertz CT molecular complexity index is 2300. The van der Waals surface area contributed by atoms with Gasteiger partial charge in [-0.3, -0.25) is 4.79 Å². The largest absolute Gasteiger partial charge is 0.508 e. The van der Waals surface area contributed by atoms with Gasteiger partial charge in [0.15, 0.2) is 5.82 Å². The molecule has 2 aromatic heterocycles. The average molecular weight is 779 g/mol. The van der Waals surface area contributed by atoms with Crippen LogP contribution in [0.4, 0.5) is 32.2 Å². The van der Waals surface area contributed by atoms with Crippen molar-refractivity contribution in [3.05, 3.63) is 52.7 Å². The van der Waals surface area contributed by atoms with Crippen molar-refractivity contribution in [3.63, 3.8) is 0 Å². The third-order valence-electron chi connectivity index (χ3n) is 11.4. The lowest BCUT2D eigenvalue weighted by Crippen LogP contribution is -2.59. The summed E-state index contributed by atoms with van der Waals surface area (Å²) in [6.07, 6.45) is 4.89. The van der Waals surface area contributed by atoms with Gasteiger partial charge in [0.2, 0.25) is 0 Å². The highest BCUT2D eigenvalue weighted by molar-refractivity contribution is 6.04. The number of halogens is 6. The maximum atomic E-state index is 17.4. The van der Waals surface area contributed by atoms with E-state index < -0.39 is 42.0 Å². The summed E-state index contributed by atoms with van der Waals surface area (Å²) in [6.45, 7) is 5.71. The predicted octanol–water partition coefficient (Wildman–Crippen LogP) is 7.57. The van der Waals surface area contributed by atoms with Crippen LogP contribution < -0.4 is 9.64 Å². The summed E-state index contributed by atoms with van der Waals surface area (Å²) in [5, 5.41) is 11.4. The van der Waals surface area contributed by atoms with Crippen molar-refractivity contribution in [2.75, 3.05) is 44.2 Å². The summed E-state index contributed by atoms with van der Waals surface area (Å²) in [5.74, 6) is -1.28. The number of ether oxygens (including phenoxy) is 1. The zero-order chi connectivity index (χ0) is 39.7. The van der Waals surface area contributed by atoms with Gasteiger partial charge < -0.3 is 24.5 Å². The number of hydrogen-bond donors (Lipinski definition) is 1. The van der Waals surface area contributed by atoms with Gasteiger partial charge in [-0.15, -0.1) is 6.42 Å². The van der Waals surface area contributed by atoms with Crippen LogP contribution >= 0.6 is 0 Å². The van der Waals surface area contributed by atoms with Gasteiger partial charge in [0.25, 0.3) is 0 Å². The predicted molar refractivity (Wildman–Crippen MR) is 199 cm³/mol. The highest BCUT2D eigenvalue weighted by atomic mass is 19.4. The van der Waals surface area contributed by atoms with Gasteiger partial charge in [-0.2, -0.15) is 23.1 Å². The van der Waals surface area contributed by atoms with E-state index in [1.807, 2.05) is 0 Å². The van der Waals surface area contributed by atoms with E-state index in [4.69, 9.17) is 21.1 Å². The van der Waals surface area contributed by atoms with E-state index in [9.17, 15) is 27.5 Å². The fourth-order valence-corrected chi connectivity index (χ4v) is 8.59. The number of phenols is 1. The molecule has 0 radical (unpaired) electrons. The standard InChI is InChI=1S/C41H40F6N6O3/c1-4-28-30(43)8-5-23-16-27(54)17-29(32(23)28)35-34(44)36-33(31(48-35)15-22(2)3)37(52-18-25-6-7-26(19-52)53(25)38(55)41(45,46)47)50-39(49-36)56-21-40(11-12-40)20-51-13-9-24(42)10-14-51/h1,5,8,15-17,24-26,54H,6-7,9-14,18-21H2,2-3H3/t25-,26+. The molecule has 56 heavy (non-hydrogen) atoms. The number of likely N-dealkylation sites (tertiary alicyclic amines) is 1. The second-order valence-electron chi connectivity index (χ2n) is 15.8. The molecule has 1 saturated carbocycles. The SMILES string of the molecule is C#Cc1c(F)ccc2cc(O)cc(-c3nc(C=C(C)C)c4c(N5C[C@H]6CC[C@@H](C5)N6C(=O)C(F)(F)F)nc(OCC5(CN6CCC(F)CC6)CC5)nc4c3F)c12. The molecule has 0 unspecified atom stereocenters. The summed E-state index contributed by atoms with van der Waals surface area (Å²) >= 11 is 0. The van der Waals surface area contributed by atoms with E-state index >= 15 is 8.78 Å². The molecule has 3 aliphatic heterocycles. The Morgan fingerprint density at radius 2 is 1.73 bits per heavy atom. The average Bonchev–Trinajstić information content (AvgIpc) is 3.87. The molecule has 2 bridgehead atoms. The Morgan fingerprint density at radius 3 is 2.36 bits per heavy atom. The number of alkyl halides is 4. The van der Waals surface area contributed by atoms with E-state index in [0.717, 1.165) is 29.4 Å². The molecule has 2 atom stereocenters. The number of terminal acetylenes is 1. The first kappa shape index (κ1) is 37.8. The number of pyridine rings is 1. The Hall–Kier alpha value is -5.10. The maximum Gasteiger partial charge on any atom is 0.471 e. The van der Waals surface area contributed by atoms with Gasteiger partial charge in [-0.05, 0) is 82.0 Å². The lowest BCUT2D eigenvalue weighted by atomic mass is 9.95. The van der Waals surface area contributed by atoms with Gasteiger partial charge in [-0.25, -0.2) is 18.2 Å². The molecular weight excluding hydrogens is 738 g/mol. The van der Waals surface area contributed by atoms with Crippen molar-refractivity contribution in [3.8, 4) is 35.4 Å². The Balaban J connectivity index is 1.28. The fourth-order valence-electron chi connectivity index (χ4n) is 8.59. The van der Waals surface area contributed by atoms with Crippen LogP contribution in [0.25, 0.3) is 39.0 Å². The molecule has 5 heterocycles. The Kier molecular flexibility index (Phi) is 9.54. The molecule has 4 fully saturated rings. The number of hydrogen-bond acceptors (Lipinski definition) is 8. The van der Waals surface area contributed by atoms with E-state index in [2.05, 4.69) is 15.8 Å². The molecule has 4 aromatic rings. The van der Waals surface area contributed by atoms with Gasteiger partial charge in [-0.1, -0.05) is 17.6 Å². The van der Waals surface area contributed by atoms with Crippen molar-refractivity contribution in [1.82, 2.24) is 24.8 Å². The number of amides is 1. The van der Waals surface area contributed by atoms with Crippen LogP contribution in [0.1, 0.15) is 63.6 Å². The molecule has 15 heteroatoms. The molecule has 9 nitrogen and oxygen atoms in total. The summed E-state index contributed by atoms with van der Waals surface area (Å²) < 4.78 is 93.7. The monoisotopic (exact) mass is 778 g/mol. The number of aromatic nitrogens is 3. The van der Waals surface area contributed by atoms with Crippen molar-refractivity contribution < 1.29 is 41.0 Å². The first-order valence-electron chi connectivity index (χ1n) is 18.8.